The molecule has 3 rings (SSSR count). The summed E-state index contributed by atoms with van der Waals surface area (Å²) in [6, 6.07) is 20.3. The van der Waals surface area contributed by atoms with E-state index in [1.807, 2.05) is 59.4 Å². The second kappa shape index (κ2) is 11.3. The number of hydrogen-bond acceptors (Lipinski definition) is 3. The number of carbonyl (C=O) groups is 1. The van der Waals surface area contributed by atoms with E-state index in [0.717, 1.165) is 48.2 Å². The monoisotopic (exact) mass is 420 g/mol. The van der Waals surface area contributed by atoms with E-state index in [0.29, 0.717) is 26.1 Å². The second-order valence-corrected chi connectivity index (χ2v) is 7.58. The van der Waals surface area contributed by atoms with E-state index in [9.17, 15) is 9.59 Å². The lowest BCUT2D eigenvalue weighted by molar-refractivity contribution is -0.143. The third-order valence-electron chi connectivity index (χ3n) is 5.45. The van der Waals surface area contributed by atoms with Gasteiger partial charge in [0.05, 0.1) is 18.0 Å². The number of imidazole rings is 1. The summed E-state index contributed by atoms with van der Waals surface area (Å²) >= 11 is 0. The minimum Gasteiger partial charge on any atom is -0.466 e. The van der Waals surface area contributed by atoms with E-state index in [2.05, 4.69) is 24.3 Å². The number of nitrogens with zero attached hydrogens (tertiary/aromatic N) is 2. The number of rotatable bonds is 11. The van der Waals surface area contributed by atoms with Crippen LogP contribution < -0.4 is 5.69 Å². The van der Waals surface area contributed by atoms with Gasteiger partial charge in [-0.3, -0.25) is 13.9 Å². The first kappa shape index (κ1) is 22.6. The van der Waals surface area contributed by atoms with Crippen molar-refractivity contribution in [2.45, 2.75) is 59.0 Å². The minimum atomic E-state index is -0.127. The van der Waals surface area contributed by atoms with Crippen LogP contribution in [0, 0.1) is 0 Å². The third kappa shape index (κ3) is 5.54. The van der Waals surface area contributed by atoms with Gasteiger partial charge in [-0.2, -0.15) is 0 Å². The molecule has 0 atom stereocenters. The molecule has 0 aliphatic heterocycles. The summed E-state index contributed by atoms with van der Waals surface area (Å²) < 4.78 is 8.78. The highest BCUT2D eigenvalue weighted by Gasteiger charge is 2.21. The smallest absolute Gasteiger partial charge is 0.329 e. The first-order valence-electron chi connectivity index (χ1n) is 11.3. The van der Waals surface area contributed by atoms with Crippen molar-refractivity contribution in [3.05, 3.63) is 71.1 Å². The summed E-state index contributed by atoms with van der Waals surface area (Å²) in [5.74, 6) is -0.127. The molecule has 0 saturated carbocycles. The summed E-state index contributed by atoms with van der Waals surface area (Å²) in [5.41, 5.74) is 4.08. The normalized spacial score (nSPS) is 10.9. The third-order valence-corrected chi connectivity index (χ3v) is 5.45. The van der Waals surface area contributed by atoms with Crippen molar-refractivity contribution in [1.29, 1.82) is 0 Å². The maximum atomic E-state index is 13.3. The molecule has 0 fully saturated rings. The van der Waals surface area contributed by atoms with Gasteiger partial charge in [0.2, 0.25) is 0 Å². The Morgan fingerprint density at radius 1 is 0.774 bits per heavy atom. The van der Waals surface area contributed by atoms with Crippen LogP contribution in [0.1, 0.15) is 46.0 Å². The summed E-state index contributed by atoms with van der Waals surface area (Å²) in [5, 5.41) is 0. The van der Waals surface area contributed by atoms with E-state index >= 15 is 0 Å². The van der Waals surface area contributed by atoms with Crippen molar-refractivity contribution in [3.63, 3.8) is 0 Å². The largest absolute Gasteiger partial charge is 0.466 e. The molecule has 2 aromatic carbocycles. The van der Waals surface area contributed by atoms with Gasteiger partial charge in [-0.1, -0.05) is 73.5 Å². The molecule has 0 bridgehead atoms. The van der Waals surface area contributed by atoms with Crippen LogP contribution in [0.15, 0.2) is 65.5 Å². The SMILES string of the molecule is CCOC(=O)CCCCCCn1c(-c2ccccc2)c(-c2ccccc2)n(CC)c1=O. The number of esters is 1. The molecule has 3 aromatic rings. The topological polar surface area (TPSA) is 53.2 Å². The Bertz CT molecular complexity index is 1020. The van der Waals surface area contributed by atoms with Crippen LogP contribution in [-0.2, 0) is 22.6 Å². The molecule has 0 aliphatic carbocycles. The Morgan fingerprint density at radius 3 is 1.87 bits per heavy atom. The fourth-order valence-corrected chi connectivity index (χ4v) is 4.00. The molecule has 5 heteroatoms. The number of benzene rings is 2. The maximum absolute atomic E-state index is 13.3. The molecular formula is C26H32N2O3. The van der Waals surface area contributed by atoms with Crippen LogP contribution in [0.4, 0.5) is 0 Å². The fourth-order valence-electron chi connectivity index (χ4n) is 4.00. The van der Waals surface area contributed by atoms with Crippen molar-refractivity contribution in [2.24, 2.45) is 0 Å². The van der Waals surface area contributed by atoms with Crippen LogP contribution in [0.5, 0.6) is 0 Å². The lowest BCUT2D eigenvalue weighted by Gasteiger charge is -2.11. The van der Waals surface area contributed by atoms with Crippen LogP contribution in [0.25, 0.3) is 22.5 Å². The quantitative estimate of drug-likeness (QED) is 0.303. The molecule has 0 amide bonds. The van der Waals surface area contributed by atoms with Gasteiger partial charge in [-0.15, -0.1) is 0 Å². The Kier molecular flexibility index (Phi) is 8.27. The average molecular weight is 421 g/mol. The van der Waals surface area contributed by atoms with Gasteiger partial charge in [0, 0.05) is 30.6 Å². The molecule has 31 heavy (non-hydrogen) atoms. The predicted octanol–water partition coefficient (Wildman–Crippen LogP) is 5.52. The molecule has 0 N–H and O–H groups in total. The van der Waals surface area contributed by atoms with Crippen molar-refractivity contribution < 1.29 is 9.53 Å². The molecule has 0 aliphatic rings. The fraction of sp³-hybridized carbons (Fsp3) is 0.385. The van der Waals surface area contributed by atoms with E-state index in [1.54, 1.807) is 0 Å². The molecule has 0 radical (unpaired) electrons. The van der Waals surface area contributed by atoms with Gasteiger partial charge < -0.3 is 4.74 Å². The summed E-state index contributed by atoms with van der Waals surface area (Å²) in [7, 11) is 0. The van der Waals surface area contributed by atoms with Gasteiger partial charge in [0.25, 0.3) is 0 Å². The van der Waals surface area contributed by atoms with E-state index in [1.165, 1.54) is 0 Å². The Balaban J connectivity index is 1.84. The average Bonchev–Trinajstić information content (AvgIpc) is 3.08. The Hall–Kier alpha value is -3.08. The van der Waals surface area contributed by atoms with Crippen LogP contribution in [-0.4, -0.2) is 21.7 Å². The van der Waals surface area contributed by atoms with Crippen LogP contribution in [0.3, 0.4) is 0 Å². The summed E-state index contributed by atoms with van der Waals surface area (Å²) in [4.78, 5) is 24.8. The second-order valence-electron chi connectivity index (χ2n) is 7.58. The van der Waals surface area contributed by atoms with Gasteiger partial charge in [-0.05, 0) is 26.7 Å². The van der Waals surface area contributed by atoms with E-state index < -0.39 is 0 Å². The van der Waals surface area contributed by atoms with Gasteiger partial charge in [0.1, 0.15) is 0 Å². The molecule has 0 spiro atoms. The highest BCUT2D eigenvalue weighted by molar-refractivity contribution is 5.79. The molecule has 0 unspecified atom stereocenters. The highest BCUT2D eigenvalue weighted by atomic mass is 16.5. The van der Waals surface area contributed by atoms with Crippen LogP contribution >= 0.6 is 0 Å². The minimum absolute atomic E-state index is 0.0340. The zero-order chi connectivity index (χ0) is 22.1. The number of aromatic nitrogens is 2. The first-order chi connectivity index (χ1) is 15.2. The number of hydrogen-bond donors (Lipinski definition) is 0. The Morgan fingerprint density at radius 2 is 1.32 bits per heavy atom. The molecule has 1 aromatic heterocycles. The zero-order valence-electron chi connectivity index (χ0n) is 18.5. The number of carbonyl (C=O) groups excluding carboxylic acids is 1. The molecule has 1 heterocycles. The van der Waals surface area contributed by atoms with Gasteiger partial charge in [-0.25, -0.2) is 4.79 Å². The molecule has 0 saturated heterocycles. The van der Waals surface area contributed by atoms with Crippen LogP contribution in [0.2, 0.25) is 0 Å². The Labute approximate surface area is 184 Å². The zero-order valence-corrected chi connectivity index (χ0v) is 18.5. The molecule has 164 valence electrons. The highest BCUT2D eigenvalue weighted by Crippen LogP contribution is 2.32. The summed E-state index contributed by atoms with van der Waals surface area (Å²) in [6.45, 7) is 5.56. The summed E-state index contributed by atoms with van der Waals surface area (Å²) in [6.07, 6.45) is 4.11. The predicted molar refractivity (Wildman–Crippen MR) is 125 cm³/mol. The van der Waals surface area contributed by atoms with Crippen molar-refractivity contribution in [2.75, 3.05) is 6.61 Å². The lowest BCUT2D eigenvalue weighted by atomic mass is 10.0. The number of ether oxygens (including phenoxy) is 1. The maximum Gasteiger partial charge on any atom is 0.329 e. The van der Waals surface area contributed by atoms with Crippen molar-refractivity contribution in [1.82, 2.24) is 9.13 Å². The van der Waals surface area contributed by atoms with Crippen molar-refractivity contribution >= 4 is 5.97 Å². The number of unbranched alkanes of at least 4 members (excludes halogenated alkanes) is 3. The lowest BCUT2D eigenvalue weighted by Crippen LogP contribution is -2.24. The molecule has 5 nitrogen and oxygen atoms in total. The first-order valence-corrected chi connectivity index (χ1v) is 11.3. The van der Waals surface area contributed by atoms with Crippen molar-refractivity contribution in [3.8, 4) is 22.5 Å². The molecular weight excluding hydrogens is 388 g/mol. The van der Waals surface area contributed by atoms with E-state index in [-0.39, 0.29) is 11.7 Å². The van der Waals surface area contributed by atoms with E-state index in [4.69, 9.17) is 4.74 Å². The van der Waals surface area contributed by atoms with Gasteiger partial charge in [0.15, 0.2) is 0 Å². The standard InChI is InChI=1S/C26H32N2O3/c1-3-27-24(21-15-9-7-10-16-21)25(22-17-11-8-12-18-22)28(26(27)30)20-14-6-5-13-19-23(29)31-4-2/h7-12,15-18H,3-6,13-14,19-20H2,1-2H3. The van der Waals surface area contributed by atoms with Gasteiger partial charge >= 0.3 is 11.7 Å².